The lowest BCUT2D eigenvalue weighted by Gasteiger charge is -2.11. The predicted molar refractivity (Wildman–Crippen MR) is 79.4 cm³/mol. The molecule has 2 aromatic rings. The quantitative estimate of drug-likeness (QED) is 0.453. The Hall–Kier alpha value is -1.93. The van der Waals surface area contributed by atoms with Gasteiger partial charge in [-0.15, -0.1) is 0 Å². The third kappa shape index (κ3) is 2.84. The van der Waals surface area contributed by atoms with Crippen LogP contribution < -0.4 is 4.74 Å². The van der Waals surface area contributed by atoms with Gasteiger partial charge in [0.15, 0.2) is 0 Å². The first-order valence-electron chi connectivity index (χ1n) is 5.75. The Labute approximate surface area is 113 Å². The van der Waals surface area contributed by atoms with Crippen LogP contribution in [0.2, 0.25) is 0 Å². The second-order valence-corrected chi connectivity index (χ2v) is 4.20. The number of hydrogen-bond acceptors (Lipinski definition) is 2. The van der Waals surface area contributed by atoms with Crippen LogP contribution >= 0.6 is 12.2 Å². The zero-order chi connectivity index (χ0) is 12.8. The van der Waals surface area contributed by atoms with Crippen LogP contribution in [0.1, 0.15) is 11.1 Å². The largest absolute Gasteiger partial charge is 0.489 e. The number of ether oxygens (including phenoxy) is 1. The lowest BCUT2D eigenvalue weighted by atomic mass is 10.0. The van der Waals surface area contributed by atoms with Gasteiger partial charge in [-0.25, -0.2) is 0 Å². The molecule has 0 aliphatic heterocycles. The summed E-state index contributed by atoms with van der Waals surface area (Å²) in [4.78, 5) is 0.801. The first-order valence-corrected chi connectivity index (χ1v) is 6.16. The maximum Gasteiger partial charge on any atom is 0.128 e. The molecule has 0 atom stereocenters. The van der Waals surface area contributed by atoms with E-state index in [1.165, 1.54) is 0 Å². The smallest absolute Gasteiger partial charge is 0.128 e. The van der Waals surface area contributed by atoms with Crippen molar-refractivity contribution in [2.45, 2.75) is 0 Å². The Morgan fingerprint density at radius 2 is 1.72 bits per heavy atom. The van der Waals surface area contributed by atoms with E-state index >= 15 is 0 Å². The average Bonchev–Trinajstić information content (AvgIpc) is 2.45. The predicted octanol–water partition coefficient (Wildman–Crippen LogP) is 4.02. The zero-order valence-electron chi connectivity index (χ0n) is 10.0. The normalized spacial score (nSPS) is 9.78. The summed E-state index contributed by atoms with van der Waals surface area (Å²) in [5.41, 5.74) is 1.97. The van der Waals surface area contributed by atoms with Gasteiger partial charge < -0.3 is 4.74 Å². The van der Waals surface area contributed by atoms with Gasteiger partial charge in [0.2, 0.25) is 0 Å². The number of thiocarbonyl (C=S) groups is 1. The van der Waals surface area contributed by atoms with Crippen molar-refractivity contribution in [1.82, 2.24) is 0 Å². The van der Waals surface area contributed by atoms with E-state index in [2.05, 4.69) is 6.58 Å². The van der Waals surface area contributed by atoms with Crippen LogP contribution in [0.5, 0.6) is 5.75 Å². The minimum atomic E-state index is 0.481. The average molecular weight is 254 g/mol. The van der Waals surface area contributed by atoms with Crippen LogP contribution in [0.4, 0.5) is 0 Å². The Kier molecular flexibility index (Phi) is 4.26. The van der Waals surface area contributed by atoms with Gasteiger partial charge in [0.05, 0.1) is 4.86 Å². The number of para-hydroxylation sites is 1. The van der Waals surface area contributed by atoms with Crippen LogP contribution in [0, 0.1) is 0 Å². The highest BCUT2D eigenvalue weighted by Crippen LogP contribution is 2.22. The van der Waals surface area contributed by atoms with Gasteiger partial charge in [-0.1, -0.05) is 67.3 Å². The molecule has 0 bridgehead atoms. The van der Waals surface area contributed by atoms with Gasteiger partial charge in [0, 0.05) is 5.56 Å². The van der Waals surface area contributed by atoms with Crippen LogP contribution in [0.25, 0.3) is 0 Å². The van der Waals surface area contributed by atoms with E-state index in [1.54, 1.807) is 6.08 Å². The molecular weight excluding hydrogens is 240 g/mol. The molecule has 0 fully saturated rings. The molecule has 1 nitrogen and oxygen atoms in total. The molecule has 2 rings (SSSR count). The fourth-order valence-corrected chi connectivity index (χ4v) is 1.98. The van der Waals surface area contributed by atoms with Gasteiger partial charge in [-0.3, -0.25) is 0 Å². The maximum atomic E-state index is 5.62. The van der Waals surface area contributed by atoms with Crippen molar-refractivity contribution in [3.8, 4) is 5.75 Å². The van der Waals surface area contributed by atoms with Crippen LogP contribution in [-0.4, -0.2) is 11.5 Å². The molecule has 0 spiro atoms. The molecule has 0 unspecified atom stereocenters. The molecule has 0 amide bonds. The summed E-state index contributed by atoms with van der Waals surface area (Å²) in [6, 6.07) is 17.8. The monoisotopic (exact) mass is 254 g/mol. The second kappa shape index (κ2) is 6.12. The molecule has 0 aliphatic carbocycles. The van der Waals surface area contributed by atoms with E-state index in [0.29, 0.717) is 6.61 Å². The van der Waals surface area contributed by atoms with E-state index in [0.717, 1.165) is 21.7 Å². The van der Waals surface area contributed by atoms with Crippen molar-refractivity contribution in [2.75, 3.05) is 6.61 Å². The van der Waals surface area contributed by atoms with Crippen molar-refractivity contribution in [3.63, 3.8) is 0 Å². The van der Waals surface area contributed by atoms with E-state index in [9.17, 15) is 0 Å². The van der Waals surface area contributed by atoms with Gasteiger partial charge in [0.1, 0.15) is 12.4 Å². The first kappa shape index (κ1) is 12.5. The maximum absolute atomic E-state index is 5.62. The molecule has 0 heterocycles. The van der Waals surface area contributed by atoms with Gasteiger partial charge in [-0.05, 0) is 17.7 Å². The highest BCUT2D eigenvalue weighted by Gasteiger charge is 2.09. The Bertz CT molecular complexity index is 546. The molecule has 0 N–H and O–H groups in total. The van der Waals surface area contributed by atoms with E-state index < -0.39 is 0 Å². The summed E-state index contributed by atoms with van der Waals surface area (Å²) < 4.78 is 5.62. The van der Waals surface area contributed by atoms with Gasteiger partial charge in [-0.2, -0.15) is 0 Å². The summed E-state index contributed by atoms with van der Waals surface area (Å²) in [7, 11) is 0. The van der Waals surface area contributed by atoms with Crippen molar-refractivity contribution in [2.24, 2.45) is 0 Å². The lowest BCUT2D eigenvalue weighted by Crippen LogP contribution is -2.04. The zero-order valence-corrected chi connectivity index (χ0v) is 10.8. The van der Waals surface area contributed by atoms with E-state index in [4.69, 9.17) is 17.0 Å². The number of benzene rings is 2. The van der Waals surface area contributed by atoms with E-state index in [-0.39, 0.29) is 0 Å². The fraction of sp³-hybridized carbons (Fsp3) is 0.0625. The molecule has 0 radical (unpaired) electrons. The summed E-state index contributed by atoms with van der Waals surface area (Å²) in [6.07, 6.45) is 1.72. The molecule has 2 heteroatoms. The summed E-state index contributed by atoms with van der Waals surface area (Å²) in [6.45, 7) is 4.13. The van der Waals surface area contributed by atoms with Crippen molar-refractivity contribution >= 4 is 17.1 Å². The topological polar surface area (TPSA) is 9.23 Å². The van der Waals surface area contributed by atoms with Gasteiger partial charge >= 0.3 is 0 Å². The minimum Gasteiger partial charge on any atom is -0.489 e. The Morgan fingerprint density at radius 3 is 2.44 bits per heavy atom. The van der Waals surface area contributed by atoms with Crippen molar-refractivity contribution in [3.05, 3.63) is 78.4 Å². The van der Waals surface area contributed by atoms with Crippen molar-refractivity contribution in [1.29, 1.82) is 0 Å². The molecule has 2 aromatic carbocycles. The third-order valence-corrected chi connectivity index (χ3v) is 2.98. The minimum absolute atomic E-state index is 0.481. The van der Waals surface area contributed by atoms with Crippen LogP contribution in [0.15, 0.2) is 67.3 Å². The lowest BCUT2D eigenvalue weighted by molar-refractivity contribution is 0.362. The molecule has 18 heavy (non-hydrogen) atoms. The first-order chi connectivity index (χ1) is 8.83. The summed E-state index contributed by atoms with van der Waals surface area (Å²) >= 11 is 5.52. The Morgan fingerprint density at radius 1 is 1.06 bits per heavy atom. The van der Waals surface area contributed by atoms with Gasteiger partial charge in [0.25, 0.3) is 0 Å². The Balaban J connectivity index is 2.33. The third-order valence-electron chi connectivity index (χ3n) is 2.52. The number of hydrogen-bond donors (Lipinski definition) is 0. The van der Waals surface area contributed by atoms with Crippen LogP contribution in [0.3, 0.4) is 0 Å². The molecule has 90 valence electrons. The molecule has 0 aliphatic rings. The highest BCUT2D eigenvalue weighted by molar-refractivity contribution is 7.81. The van der Waals surface area contributed by atoms with Crippen molar-refractivity contribution < 1.29 is 4.74 Å². The number of rotatable bonds is 5. The molecular formula is C16H14OS. The molecule has 0 aromatic heterocycles. The van der Waals surface area contributed by atoms with Crippen LogP contribution in [-0.2, 0) is 0 Å². The standard InChI is InChI=1S/C16H14OS/c1-2-12-17-15-11-7-6-10-14(15)16(18)13-8-4-3-5-9-13/h2-11H,1,12H2. The molecule has 0 saturated heterocycles. The van der Waals surface area contributed by atoms with E-state index in [1.807, 2.05) is 54.6 Å². The molecule has 0 saturated carbocycles. The fourth-order valence-electron chi connectivity index (χ4n) is 1.67. The SMILES string of the molecule is C=CCOc1ccccc1C(=S)c1ccccc1. The highest BCUT2D eigenvalue weighted by atomic mass is 32.1. The summed E-state index contributed by atoms with van der Waals surface area (Å²) in [5.74, 6) is 0.797. The summed E-state index contributed by atoms with van der Waals surface area (Å²) in [5, 5.41) is 0. The second-order valence-electron chi connectivity index (χ2n) is 3.79.